The van der Waals surface area contributed by atoms with Gasteiger partial charge in [0.1, 0.15) is 0 Å². The first-order valence-electron chi connectivity index (χ1n) is 5.96. The van der Waals surface area contributed by atoms with Crippen molar-refractivity contribution >= 4 is 5.91 Å². The zero-order valence-electron chi connectivity index (χ0n) is 10.2. The van der Waals surface area contributed by atoms with Gasteiger partial charge in [-0.15, -0.1) is 0 Å². The SMILES string of the molecule is CC(Oc1ccccc1F)C(=O)N1CCC(O)C1. The normalized spacial score (nSPS) is 20.8. The molecule has 0 spiro atoms. The minimum absolute atomic E-state index is 0.0677. The van der Waals surface area contributed by atoms with E-state index in [9.17, 15) is 14.3 Å². The lowest BCUT2D eigenvalue weighted by molar-refractivity contribution is -0.137. The first kappa shape index (κ1) is 12.8. The Hall–Kier alpha value is -1.62. The van der Waals surface area contributed by atoms with E-state index in [1.807, 2.05) is 0 Å². The summed E-state index contributed by atoms with van der Waals surface area (Å²) in [6.07, 6.45) is -0.639. The topological polar surface area (TPSA) is 49.8 Å². The van der Waals surface area contributed by atoms with Crippen LogP contribution in [0.3, 0.4) is 0 Å². The van der Waals surface area contributed by atoms with Gasteiger partial charge in [-0.25, -0.2) is 4.39 Å². The lowest BCUT2D eigenvalue weighted by atomic mass is 10.3. The van der Waals surface area contributed by atoms with Crippen LogP contribution in [0, 0.1) is 5.82 Å². The van der Waals surface area contributed by atoms with Gasteiger partial charge in [0, 0.05) is 13.1 Å². The number of nitrogens with zero attached hydrogens (tertiary/aromatic N) is 1. The van der Waals surface area contributed by atoms with E-state index in [0.717, 1.165) is 0 Å². The van der Waals surface area contributed by atoms with Crippen molar-refractivity contribution in [1.29, 1.82) is 0 Å². The first-order chi connectivity index (χ1) is 8.58. The second-order valence-corrected chi connectivity index (χ2v) is 4.42. The molecule has 4 nitrogen and oxygen atoms in total. The summed E-state index contributed by atoms with van der Waals surface area (Å²) in [4.78, 5) is 13.5. The number of benzene rings is 1. The summed E-state index contributed by atoms with van der Waals surface area (Å²) >= 11 is 0. The summed E-state index contributed by atoms with van der Waals surface area (Å²) < 4.78 is 18.7. The molecule has 1 fully saturated rings. The number of aliphatic hydroxyl groups excluding tert-OH is 1. The molecule has 0 bridgehead atoms. The number of hydrogen-bond acceptors (Lipinski definition) is 3. The number of aliphatic hydroxyl groups is 1. The van der Waals surface area contributed by atoms with Crippen LogP contribution in [0.4, 0.5) is 4.39 Å². The maximum atomic E-state index is 13.4. The van der Waals surface area contributed by atoms with Gasteiger partial charge >= 0.3 is 0 Å². The molecule has 1 amide bonds. The van der Waals surface area contributed by atoms with E-state index >= 15 is 0 Å². The van der Waals surface area contributed by atoms with Gasteiger partial charge in [-0.3, -0.25) is 4.79 Å². The van der Waals surface area contributed by atoms with Gasteiger partial charge in [-0.05, 0) is 25.5 Å². The van der Waals surface area contributed by atoms with Crippen LogP contribution in [0.2, 0.25) is 0 Å². The Bertz CT molecular complexity index is 438. The number of rotatable bonds is 3. The standard InChI is InChI=1S/C13H16FNO3/c1-9(13(17)15-7-6-10(16)8-15)18-12-5-3-2-4-11(12)14/h2-5,9-10,16H,6-8H2,1H3. The van der Waals surface area contributed by atoms with Crippen molar-refractivity contribution in [1.82, 2.24) is 4.90 Å². The van der Waals surface area contributed by atoms with Crippen LogP contribution >= 0.6 is 0 Å². The van der Waals surface area contributed by atoms with E-state index in [1.54, 1.807) is 19.1 Å². The number of halogens is 1. The smallest absolute Gasteiger partial charge is 0.263 e. The maximum absolute atomic E-state index is 13.4. The second kappa shape index (κ2) is 5.35. The van der Waals surface area contributed by atoms with Gasteiger partial charge in [-0.2, -0.15) is 0 Å². The zero-order chi connectivity index (χ0) is 13.1. The van der Waals surface area contributed by atoms with E-state index in [-0.39, 0.29) is 11.7 Å². The molecule has 1 N–H and O–H groups in total. The monoisotopic (exact) mass is 253 g/mol. The van der Waals surface area contributed by atoms with Crippen LogP contribution < -0.4 is 4.74 Å². The van der Waals surface area contributed by atoms with Crippen molar-refractivity contribution in [3.05, 3.63) is 30.1 Å². The van der Waals surface area contributed by atoms with E-state index in [4.69, 9.17) is 4.74 Å². The molecule has 1 aromatic rings. The Labute approximate surface area is 105 Å². The van der Waals surface area contributed by atoms with Crippen LogP contribution in [0.15, 0.2) is 24.3 Å². The van der Waals surface area contributed by atoms with Gasteiger partial charge in [0.05, 0.1) is 6.10 Å². The van der Waals surface area contributed by atoms with Gasteiger partial charge in [0.2, 0.25) is 0 Å². The molecule has 1 aliphatic rings. The molecule has 5 heteroatoms. The van der Waals surface area contributed by atoms with Crippen molar-refractivity contribution in [2.45, 2.75) is 25.6 Å². The molecule has 1 aliphatic heterocycles. The maximum Gasteiger partial charge on any atom is 0.263 e. The highest BCUT2D eigenvalue weighted by molar-refractivity contribution is 5.81. The Balaban J connectivity index is 1.98. The van der Waals surface area contributed by atoms with Crippen molar-refractivity contribution < 1.29 is 19.0 Å². The molecular formula is C13H16FNO3. The van der Waals surface area contributed by atoms with Crippen LogP contribution in [-0.4, -0.2) is 41.2 Å². The average Bonchev–Trinajstić information content (AvgIpc) is 2.78. The molecule has 0 saturated carbocycles. The third-order valence-electron chi connectivity index (χ3n) is 2.96. The van der Waals surface area contributed by atoms with Crippen molar-refractivity contribution in [2.24, 2.45) is 0 Å². The minimum Gasteiger partial charge on any atom is -0.478 e. The molecule has 1 heterocycles. The molecule has 1 saturated heterocycles. The van der Waals surface area contributed by atoms with Crippen LogP contribution in [-0.2, 0) is 4.79 Å². The summed E-state index contributed by atoms with van der Waals surface area (Å²) in [5, 5.41) is 9.37. The summed E-state index contributed by atoms with van der Waals surface area (Å²) in [5.74, 6) is -0.647. The van der Waals surface area contributed by atoms with Gasteiger partial charge in [-0.1, -0.05) is 12.1 Å². The predicted molar refractivity (Wildman–Crippen MR) is 63.7 cm³/mol. The zero-order valence-corrected chi connectivity index (χ0v) is 10.2. The summed E-state index contributed by atoms with van der Waals surface area (Å²) in [5.41, 5.74) is 0. The third-order valence-corrected chi connectivity index (χ3v) is 2.96. The Morgan fingerprint density at radius 1 is 1.56 bits per heavy atom. The van der Waals surface area contributed by atoms with Crippen molar-refractivity contribution in [2.75, 3.05) is 13.1 Å². The Kier molecular flexibility index (Phi) is 3.81. The Morgan fingerprint density at radius 2 is 2.28 bits per heavy atom. The number of hydrogen-bond donors (Lipinski definition) is 1. The first-order valence-corrected chi connectivity index (χ1v) is 5.96. The number of carbonyl (C=O) groups is 1. The lowest BCUT2D eigenvalue weighted by Crippen LogP contribution is -2.39. The fraction of sp³-hybridized carbons (Fsp3) is 0.462. The molecule has 0 radical (unpaired) electrons. The summed E-state index contributed by atoms with van der Waals surface area (Å²) in [7, 11) is 0. The molecule has 0 aromatic heterocycles. The average molecular weight is 253 g/mol. The molecule has 98 valence electrons. The van der Waals surface area contributed by atoms with E-state index in [1.165, 1.54) is 17.0 Å². The van der Waals surface area contributed by atoms with Gasteiger partial charge in [0.15, 0.2) is 17.7 Å². The van der Waals surface area contributed by atoms with Crippen LogP contribution in [0.1, 0.15) is 13.3 Å². The van der Waals surface area contributed by atoms with E-state index in [2.05, 4.69) is 0 Å². The molecule has 18 heavy (non-hydrogen) atoms. The predicted octanol–water partition coefficient (Wildman–Crippen LogP) is 1.19. The van der Waals surface area contributed by atoms with Crippen molar-refractivity contribution in [3.63, 3.8) is 0 Å². The largest absolute Gasteiger partial charge is 0.478 e. The molecule has 2 rings (SSSR count). The highest BCUT2D eigenvalue weighted by atomic mass is 19.1. The third kappa shape index (κ3) is 2.79. The van der Waals surface area contributed by atoms with Crippen LogP contribution in [0.25, 0.3) is 0 Å². The fourth-order valence-corrected chi connectivity index (χ4v) is 1.98. The molecule has 2 unspecified atom stereocenters. The van der Waals surface area contributed by atoms with Crippen LogP contribution in [0.5, 0.6) is 5.75 Å². The number of likely N-dealkylation sites (tertiary alicyclic amines) is 1. The van der Waals surface area contributed by atoms with E-state index < -0.39 is 18.0 Å². The number of carbonyl (C=O) groups excluding carboxylic acids is 1. The van der Waals surface area contributed by atoms with Gasteiger partial charge in [0.25, 0.3) is 5.91 Å². The molecule has 1 aromatic carbocycles. The van der Waals surface area contributed by atoms with Crippen molar-refractivity contribution in [3.8, 4) is 5.75 Å². The van der Waals surface area contributed by atoms with E-state index in [0.29, 0.717) is 19.5 Å². The number of ether oxygens (including phenoxy) is 1. The summed E-state index contributed by atoms with van der Waals surface area (Å²) in [6.45, 7) is 2.42. The molecule has 0 aliphatic carbocycles. The second-order valence-electron chi connectivity index (χ2n) is 4.42. The number of β-amino-alcohol motifs (C(OH)–C–C–N with tert-alkyl or cyclic N) is 1. The minimum atomic E-state index is -0.757. The molecular weight excluding hydrogens is 237 g/mol. The highest BCUT2D eigenvalue weighted by Gasteiger charge is 2.29. The number of amides is 1. The molecule has 2 atom stereocenters. The summed E-state index contributed by atoms with van der Waals surface area (Å²) in [6, 6.07) is 5.98. The van der Waals surface area contributed by atoms with Gasteiger partial charge < -0.3 is 14.7 Å². The Morgan fingerprint density at radius 3 is 2.89 bits per heavy atom. The highest BCUT2D eigenvalue weighted by Crippen LogP contribution is 2.18. The number of para-hydroxylation sites is 1. The quantitative estimate of drug-likeness (QED) is 0.880. The fourth-order valence-electron chi connectivity index (χ4n) is 1.98. The lowest BCUT2D eigenvalue weighted by Gasteiger charge is -2.21.